The zero-order valence-corrected chi connectivity index (χ0v) is 14.5. The molecular weight excluding hydrogens is 368 g/mol. The number of nitrogens with one attached hydrogen (secondary N) is 1. The van der Waals surface area contributed by atoms with Crippen LogP contribution in [0.4, 0.5) is 19.3 Å². The van der Waals surface area contributed by atoms with Crippen molar-refractivity contribution >= 4 is 17.7 Å². The highest BCUT2D eigenvalue weighted by atomic mass is 19.3. The monoisotopic (exact) mass is 387 g/mol. The van der Waals surface area contributed by atoms with Gasteiger partial charge in [0, 0.05) is 31.4 Å². The highest BCUT2D eigenvalue weighted by Gasteiger charge is 2.43. The number of morpholine rings is 1. The number of aliphatic carboxylic acids is 1. The lowest BCUT2D eigenvalue weighted by Gasteiger charge is -2.34. The Kier molecular flexibility index (Phi) is 5.33. The zero-order valence-electron chi connectivity index (χ0n) is 14.5. The number of carbonyl (C=O) groups excluding carboxylic acids is 1. The van der Waals surface area contributed by atoms with Gasteiger partial charge in [0.05, 0.1) is 19.3 Å². The summed E-state index contributed by atoms with van der Waals surface area (Å²) in [7, 11) is 1.65. The fourth-order valence-corrected chi connectivity index (χ4v) is 2.89. The maximum absolute atomic E-state index is 13.1. The molecule has 148 valence electrons. The van der Waals surface area contributed by atoms with Crippen molar-refractivity contribution in [2.24, 2.45) is 0 Å². The number of rotatable bonds is 5. The predicted octanol–water partition coefficient (Wildman–Crippen LogP) is 1.26. The number of fused-ring (bicyclic) bond motifs is 1. The Morgan fingerprint density at radius 3 is 2.85 bits per heavy atom. The molecule has 2 aliphatic heterocycles. The topological polar surface area (TPSA) is 101 Å². The third kappa shape index (κ3) is 4.95. The van der Waals surface area contributed by atoms with Gasteiger partial charge in [0.2, 0.25) is 0 Å². The highest BCUT2D eigenvalue weighted by molar-refractivity contribution is 5.89. The van der Waals surface area contributed by atoms with Crippen LogP contribution in [0.5, 0.6) is 11.5 Å². The van der Waals surface area contributed by atoms with Crippen LogP contribution in [-0.2, 0) is 9.53 Å². The van der Waals surface area contributed by atoms with Crippen molar-refractivity contribution in [1.29, 1.82) is 0 Å². The summed E-state index contributed by atoms with van der Waals surface area (Å²) in [6.07, 6.45) is -4.05. The molecule has 1 saturated heterocycles. The number of anilines is 1. The number of likely N-dealkylation sites (N-methyl/N-ethyl adjacent to an activating group) is 1. The summed E-state index contributed by atoms with van der Waals surface area (Å²) in [6.45, 7) is 1.17. The quantitative estimate of drug-likeness (QED) is 0.784. The Bertz CT molecular complexity index is 732. The standard InChI is InChI=1S/C16H19F2N3O6/c1-20(9-14(22)23)7-11-8-21(4-5-25-11)15(24)19-10-2-3-12-13(6-10)27-16(17,18)26-12/h2-3,6,11H,4-5,7-9H2,1H3,(H,19,24)(H,22,23). The van der Waals surface area contributed by atoms with Crippen molar-refractivity contribution in [3.8, 4) is 11.5 Å². The first-order valence-corrected chi connectivity index (χ1v) is 8.19. The lowest BCUT2D eigenvalue weighted by molar-refractivity contribution is -0.286. The Labute approximate surface area is 153 Å². The molecule has 2 N–H and O–H groups in total. The zero-order chi connectivity index (χ0) is 19.6. The van der Waals surface area contributed by atoms with E-state index in [1.54, 1.807) is 11.9 Å². The minimum absolute atomic E-state index is 0.106. The van der Waals surface area contributed by atoms with Gasteiger partial charge < -0.3 is 29.5 Å². The van der Waals surface area contributed by atoms with E-state index in [-0.39, 0.29) is 36.4 Å². The summed E-state index contributed by atoms with van der Waals surface area (Å²) in [5.74, 6) is -1.21. The summed E-state index contributed by atoms with van der Waals surface area (Å²) in [4.78, 5) is 26.3. The van der Waals surface area contributed by atoms with Crippen LogP contribution in [0, 0.1) is 0 Å². The number of amides is 2. The highest BCUT2D eigenvalue weighted by Crippen LogP contribution is 2.42. The van der Waals surface area contributed by atoms with Crippen molar-refractivity contribution in [2.75, 3.05) is 45.2 Å². The maximum Gasteiger partial charge on any atom is 0.586 e. The SMILES string of the molecule is CN(CC(=O)O)CC1CN(C(=O)Nc2ccc3c(c2)OC(F)(F)O3)CCO1. The molecule has 1 fully saturated rings. The molecule has 11 heteroatoms. The van der Waals surface area contributed by atoms with Crippen LogP contribution < -0.4 is 14.8 Å². The number of carboxylic acid groups (broad SMARTS) is 1. The molecule has 9 nitrogen and oxygen atoms in total. The van der Waals surface area contributed by atoms with Gasteiger partial charge in [-0.3, -0.25) is 9.69 Å². The number of hydrogen-bond acceptors (Lipinski definition) is 6. The lowest BCUT2D eigenvalue weighted by Crippen LogP contribution is -2.50. The van der Waals surface area contributed by atoms with Gasteiger partial charge in [-0.25, -0.2) is 4.79 Å². The number of halogens is 2. The summed E-state index contributed by atoms with van der Waals surface area (Å²) in [5, 5.41) is 11.4. The van der Waals surface area contributed by atoms with E-state index in [2.05, 4.69) is 14.8 Å². The number of carboxylic acids is 1. The van der Waals surface area contributed by atoms with Crippen LogP contribution in [0.15, 0.2) is 18.2 Å². The molecule has 0 saturated carbocycles. The van der Waals surface area contributed by atoms with Crippen molar-refractivity contribution in [3.63, 3.8) is 0 Å². The van der Waals surface area contributed by atoms with Gasteiger partial charge in [-0.05, 0) is 19.2 Å². The first kappa shape index (κ1) is 19.1. The number of urea groups is 1. The number of hydrogen-bond donors (Lipinski definition) is 2. The first-order valence-electron chi connectivity index (χ1n) is 8.19. The average molecular weight is 387 g/mol. The van der Waals surface area contributed by atoms with Gasteiger partial charge in [0.1, 0.15) is 0 Å². The molecule has 1 atom stereocenters. The molecule has 1 aromatic carbocycles. The van der Waals surface area contributed by atoms with Crippen LogP contribution in [-0.4, -0.2) is 79.1 Å². The van der Waals surface area contributed by atoms with Gasteiger partial charge in [-0.2, -0.15) is 0 Å². The molecule has 1 unspecified atom stereocenters. The minimum atomic E-state index is -3.72. The largest absolute Gasteiger partial charge is 0.586 e. The Hall–Kier alpha value is -2.66. The molecule has 0 aliphatic carbocycles. The van der Waals surface area contributed by atoms with Crippen LogP contribution in [0.1, 0.15) is 0 Å². The minimum Gasteiger partial charge on any atom is -0.480 e. The van der Waals surface area contributed by atoms with E-state index < -0.39 is 18.3 Å². The third-order valence-corrected chi connectivity index (χ3v) is 4.00. The average Bonchev–Trinajstić information content (AvgIpc) is 2.87. The Morgan fingerprint density at radius 2 is 2.11 bits per heavy atom. The van der Waals surface area contributed by atoms with E-state index in [1.807, 2.05) is 0 Å². The van der Waals surface area contributed by atoms with Gasteiger partial charge >= 0.3 is 18.3 Å². The van der Waals surface area contributed by atoms with Crippen LogP contribution in [0.3, 0.4) is 0 Å². The fraction of sp³-hybridized carbons (Fsp3) is 0.500. The van der Waals surface area contributed by atoms with Crippen molar-refractivity contribution in [3.05, 3.63) is 18.2 Å². The molecule has 1 aromatic rings. The molecule has 3 rings (SSSR count). The number of ether oxygens (including phenoxy) is 3. The first-order chi connectivity index (χ1) is 12.7. The van der Waals surface area contributed by atoms with E-state index in [4.69, 9.17) is 9.84 Å². The number of alkyl halides is 2. The van der Waals surface area contributed by atoms with Gasteiger partial charge in [-0.15, -0.1) is 8.78 Å². The second kappa shape index (κ2) is 7.53. The maximum atomic E-state index is 13.1. The van der Waals surface area contributed by atoms with E-state index in [1.165, 1.54) is 23.1 Å². The van der Waals surface area contributed by atoms with E-state index in [0.717, 1.165) is 0 Å². The number of carbonyl (C=O) groups is 2. The van der Waals surface area contributed by atoms with Crippen molar-refractivity contribution in [1.82, 2.24) is 9.80 Å². The molecule has 0 aromatic heterocycles. The van der Waals surface area contributed by atoms with E-state index in [0.29, 0.717) is 19.7 Å². The van der Waals surface area contributed by atoms with Crippen LogP contribution >= 0.6 is 0 Å². The number of nitrogens with zero attached hydrogens (tertiary/aromatic N) is 2. The molecule has 0 spiro atoms. The lowest BCUT2D eigenvalue weighted by atomic mass is 10.2. The van der Waals surface area contributed by atoms with Gasteiger partial charge in [0.15, 0.2) is 11.5 Å². The fourth-order valence-electron chi connectivity index (χ4n) is 2.89. The summed E-state index contributed by atoms with van der Waals surface area (Å²) in [6, 6.07) is 3.55. The van der Waals surface area contributed by atoms with E-state index >= 15 is 0 Å². The normalized spacial score (nSPS) is 20.6. The molecule has 2 amide bonds. The summed E-state index contributed by atoms with van der Waals surface area (Å²) >= 11 is 0. The third-order valence-electron chi connectivity index (χ3n) is 4.00. The Morgan fingerprint density at radius 1 is 1.37 bits per heavy atom. The smallest absolute Gasteiger partial charge is 0.480 e. The number of benzene rings is 1. The second-order valence-corrected chi connectivity index (χ2v) is 6.29. The predicted molar refractivity (Wildman–Crippen MR) is 88.1 cm³/mol. The van der Waals surface area contributed by atoms with Gasteiger partial charge in [0.25, 0.3) is 0 Å². The molecule has 0 radical (unpaired) electrons. The Balaban J connectivity index is 1.56. The van der Waals surface area contributed by atoms with Crippen LogP contribution in [0.25, 0.3) is 0 Å². The molecule has 2 aliphatic rings. The summed E-state index contributed by atoms with van der Waals surface area (Å²) < 4.78 is 40.3. The molecular formula is C16H19F2N3O6. The second-order valence-electron chi connectivity index (χ2n) is 6.29. The molecule has 0 bridgehead atoms. The van der Waals surface area contributed by atoms with Crippen LogP contribution in [0.2, 0.25) is 0 Å². The molecule has 2 heterocycles. The van der Waals surface area contributed by atoms with Gasteiger partial charge in [-0.1, -0.05) is 0 Å². The summed E-state index contributed by atoms with van der Waals surface area (Å²) in [5.41, 5.74) is 0.283. The van der Waals surface area contributed by atoms with Crippen molar-refractivity contribution in [2.45, 2.75) is 12.4 Å². The molecule has 27 heavy (non-hydrogen) atoms. The van der Waals surface area contributed by atoms with E-state index in [9.17, 15) is 18.4 Å². The van der Waals surface area contributed by atoms with Crippen molar-refractivity contribution < 1.29 is 37.7 Å².